The molecule has 1 fully saturated rings. The Morgan fingerprint density at radius 3 is 2.81 bits per heavy atom. The standard InChI is InChI=1S/C20H22FN5O/c1-25-9-6-14(7-10-25)13-26-19(27)17-11-15(21)4-5-18(17)24-20(26)23-16-3-2-8-22-12-16/h2-5,8,11-12,14H,6-7,9-10,13H2,1H3,(H,23,24). The number of hydrogen-bond donors (Lipinski definition) is 1. The third-order valence-electron chi connectivity index (χ3n) is 5.11. The molecule has 0 saturated carbocycles. The van der Waals surface area contributed by atoms with Crippen LogP contribution in [-0.2, 0) is 6.54 Å². The van der Waals surface area contributed by atoms with Crippen LogP contribution in [0.3, 0.4) is 0 Å². The minimum atomic E-state index is -0.430. The van der Waals surface area contributed by atoms with E-state index >= 15 is 0 Å². The number of anilines is 2. The molecular weight excluding hydrogens is 345 g/mol. The molecule has 4 rings (SSSR count). The number of rotatable bonds is 4. The molecule has 1 saturated heterocycles. The zero-order valence-electron chi connectivity index (χ0n) is 15.2. The van der Waals surface area contributed by atoms with Gasteiger partial charge >= 0.3 is 0 Å². The molecule has 7 heteroatoms. The van der Waals surface area contributed by atoms with Crippen molar-refractivity contribution < 1.29 is 4.39 Å². The van der Waals surface area contributed by atoms with Crippen molar-refractivity contribution in [2.24, 2.45) is 5.92 Å². The molecule has 2 aromatic heterocycles. The van der Waals surface area contributed by atoms with Crippen molar-refractivity contribution in [1.82, 2.24) is 19.4 Å². The number of nitrogens with zero attached hydrogens (tertiary/aromatic N) is 4. The Morgan fingerprint density at radius 1 is 1.26 bits per heavy atom. The highest BCUT2D eigenvalue weighted by atomic mass is 19.1. The predicted octanol–water partition coefficient (Wildman–Crippen LogP) is 3.02. The lowest BCUT2D eigenvalue weighted by atomic mass is 9.97. The van der Waals surface area contributed by atoms with Gasteiger partial charge in [-0.3, -0.25) is 14.3 Å². The van der Waals surface area contributed by atoms with Gasteiger partial charge < -0.3 is 10.2 Å². The van der Waals surface area contributed by atoms with Gasteiger partial charge in [-0.05, 0) is 69.2 Å². The Hall–Kier alpha value is -2.80. The lowest BCUT2D eigenvalue weighted by Crippen LogP contribution is -2.34. The molecule has 1 aliphatic heterocycles. The Morgan fingerprint density at radius 2 is 2.07 bits per heavy atom. The van der Waals surface area contributed by atoms with E-state index in [-0.39, 0.29) is 5.56 Å². The largest absolute Gasteiger partial charge is 0.324 e. The quantitative estimate of drug-likeness (QED) is 0.768. The first-order valence-corrected chi connectivity index (χ1v) is 9.16. The van der Waals surface area contributed by atoms with Gasteiger partial charge in [0, 0.05) is 12.7 Å². The van der Waals surface area contributed by atoms with Crippen LogP contribution in [0.1, 0.15) is 12.8 Å². The summed E-state index contributed by atoms with van der Waals surface area (Å²) in [7, 11) is 2.11. The van der Waals surface area contributed by atoms with Crippen LogP contribution < -0.4 is 10.9 Å². The monoisotopic (exact) mass is 367 g/mol. The number of benzene rings is 1. The third kappa shape index (κ3) is 3.83. The predicted molar refractivity (Wildman–Crippen MR) is 104 cm³/mol. The number of pyridine rings is 1. The van der Waals surface area contributed by atoms with Crippen LogP contribution in [0.25, 0.3) is 10.9 Å². The fraction of sp³-hybridized carbons (Fsp3) is 0.350. The summed E-state index contributed by atoms with van der Waals surface area (Å²) < 4.78 is 15.3. The highest BCUT2D eigenvalue weighted by Crippen LogP contribution is 2.22. The van der Waals surface area contributed by atoms with Gasteiger partial charge in [0.25, 0.3) is 5.56 Å². The summed E-state index contributed by atoms with van der Waals surface area (Å²) in [5, 5.41) is 3.51. The van der Waals surface area contributed by atoms with E-state index in [2.05, 4.69) is 27.2 Å². The van der Waals surface area contributed by atoms with Gasteiger partial charge in [0.15, 0.2) is 0 Å². The zero-order valence-corrected chi connectivity index (χ0v) is 15.2. The first-order valence-electron chi connectivity index (χ1n) is 9.16. The van der Waals surface area contributed by atoms with Crippen LogP contribution in [-0.4, -0.2) is 39.6 Å². The Bertz CT molecular complexity index is 996. The molecule has 1 aromatic carbocycles. The summed E-state index contributed by atoms with van der Waals surface area (Å²) >= 11 is 0. The molecule has 27 heavy (non-hydrogen) atoms. The van der Waals surface area contributed by atoms with Crippen molar-refractivity contribution in [3.8, 4) is 0 Å². The fourth-order valence-electron chi connectivity index (χ4n) is 3.53. The molecule has 0 bridgehead atoms. The van der Waals surface area contributed by atoms with Gasteiger partial charge in [0.05, 0.1) is 22.8 Å². The molecule has 1 aliphatic rings. The van der Waals surface area contributed by atoms with Gasteiger partial charge in [-0.15, -0.1) is 0 Å². The molecular formula is C20H22FN5O. The maximum atomic E-state index is 13.7. The molecule has 140 valence electrons. The van der Waals surface area contributed by atoms with E-state index in [4.69, 9.17) is 0 Å². The van der Waals surface area contributed by atoms with E-state index in [0.29, 0.717) is 29.3 Å². The normalized spacial score (nSPS) is 15.9. The Balaban J connectivity index is 1.76. The molecule has 0 spiro atoms. The number of halogens is 1. The minimum Gasteiger partial charge on any atom is -0.324 e. The summed E-state index contributed by atoms with van der Waals surface area (Å²) in [4.78, 5) is 24.1. The highest BCUT2D eigenvalue weighted by Gasteiger charge is 2.20. The second-order valence-corrected chi connectivity index (χ2v) is 7.13. The van der Waals surface area contributed by atoms with Gasteiger partial charge in [-0.25, -0.2) is 9.37 Å². The van der Waals surface area contributed by atoms with Crippen LogP contribution in [0.2, 0.25) is 0 Å². The number of fused-ring (bicyclic) bond motifs is 1. The van der Waals surface area contributed by atoms with E-state index in [9.17, 15) is 9.18 Å². The second kappa shape index (κ2) is 7.44. The van der Waals surface area contributed by atoms with E-state index < -0.39 is 5.82 Å². The van der Waals surface area contributed by atoms with Crippen molar-refractivity contribution in [1.29, 1.82) is 0 Å². The van der Waals surface area contributed by atoms with Crippen LogP contribution in [0, 0.1) is 11.7 Å². The van der Waals surface area contributed by atoms with E-state index in [1.54, 1.807) is 23.0 Å². The number of hydrogen-bond acceptors (Lipinski definition) is 5. The summed E-state index contributed by atoms with van der Waals surface area (Å²) in [6.45, 7) is 2.59. The summed E-state index contributed by atoms with van der Waals surface area (Å²) in [5.74, 6) is 0.424. The van der Waals surface area contributed by atoms with Crippen molar-refractivity contribution in [3.63, 3.8) is 0 Å². The lowest BCUT2D eigenvalue weighted by molar-refractivity contribution is 0.204. The molecule has 0 atom stereocenters. The van der Waals surface area contributed by atoms with Crippen molar-refractivity contribution >= 4 is 22.5 Å². The van der Waals surface area contributed by atoms with Crippen LogP contribution in [0.4, 0.5) is 16.0 Å². The zero-order chi connectivity index (χ0) is 18.8. The highest BCUT2D eigenvalue weighted by molar-refractivity contribution is 5.79. The molecule has 0 amide bonds. The van der Waals surface area contributed by atoms with E-state index in [1.807, 2.05) is 12.1 Å². The van der Waals surface area contributed by atoms with Crippen LogP contribution >= 0.6 is 0 Å². The number of aromatic nitrogens is 3. The molecule has 3 aromatic rings. The maximum absolute atomic E-state index is 13.7. The first kappa shape index (κ1) is 17.6. The average Bonchev–Trinajstić information content (AvgIpc) is 2.68. The minimum absolute atomic E-state index is 0.218. The molecule has 0 radical (unpaired) electrons. The topological polar surface area (TPSA) is 63.1 Å². The van der Waals surface area contributed by atoms with Gasteiger partial charge in [-0.2, -0.15) is 0 Å². The Labute approximate surface area is 156 Å². The van der Waals surface area contributed by atoms with E-state index in [0.717, 1.165) is 31.6 Å². The smallest absolute Gasteiger partial charge is 0.262 e. The van der Waals surface area contributed by atoms with Crippen molar-refractivity contribution in [2.75, 3.05) is 25.5 Å². The molecule has 3 heterocycles. The third-order valence-corrected chi connectivity index (χ3v) is 5.11. The van der Waals surface area contributed by atoms with Gasteiger partial charge in [-0.1, -0.05) is 0 Å². The number of nitrogens with one attached hydrogen (secondary N) is 1. The van der Waals surface area contributed by atoms with E-state index in [1.165, 1.54) is 12.1 Å². The fourth-order valence-corrected chi connectivity index (χ4v) is 3.53. The molecule has 6 nitrogen and oxygen atoms in total. The average molecular weight is 367 g/mol. The SMILES string of the molecule is CN1CCC(Cn2c(Nc3cccnc3)nc3ccc(F)cc3c2=O)CC1. The second-order valence-electron chi connectivity index (χ2n) is 7.13. The number of piperidine rings is 1. The van der Waals surface area contributed by atoms with Gasteiger partial charge in [0.2, 0.25) is 5.95 Å². The maximum Gasteiger partial charge on any atom is 0.262 e. The first-order chi connectivity index (χ1) is 13.1. The van der Waals surface area contributed by atoms with Crippen molar-refractivity contribution in [3.05, 3.63) is 58.9 Å². The van der Waals surface area contributed by atoms with Crippen LogP contribution in [0.5, 0.6) is 0 Å². The molecule has 0 aliphatic carbocycles. The summed E-state index contributed by atoms with van der Waals surface area (Å²) in [6, 6.07) is 7.82. The Kier molecular flexibility index (Phi) is 4.85. The van der Waals surface area contributed by atoms with Gasteiger partial charge in [0.1, 0.15) is 5.82 Å². The lowest BCUT2D eigenvalue weighted by Gasteiger charge is -2.29. The summed E-state index contributed by atoms with van der Waals surface area (Å²) in [6.07, 6.45) is 5.42. The molecule has 0 unspecified atom stereocenters. The van der Waals surface area contributed by atoms with Crippen LogP contribution in [0.15, 0.2) is 47.5 Å². The molecule has 1 N–H and O–H groups in total. The van der Waals surface area contributed by atoms with Crippen molar-refractivity contribution in [2.45, 2.75) is 19.4 Å². The summed E-state index contributed by atoms with van der Waals surface area (Å²) in [5.41, 5.74) is 1.01. The number of likely N-dealkylation sites (tertiary alicyclic amines) is 1.